The minimum Gasteiger partial charge on any atom is -0.496 e. The molecule has 101 heavy (non-hydrogen) atoms. The summed E-state index contributed by atoms with van der Waals surface area (Å²) in [4.78, 5) is 12.6. The summed E-state index contributed by atoms with van der Waals surface area (Å²) in [6.45, 7) is 46.9. The lowest BCUT2D eigenvalue weighted by Crippen LogP contribution is -2.23. The molecule has 3 saturated carbocycles. The van der Waals surface area contributed by atoms with Gasteiger partial charge >= 0.3 is 6.18 Å². The quantitative estimate of drug-likeness (QED) is 0.0715. The molecule has 7 aromatic rings. The first-order valence-electron chi connectivity index (χ1n) is 38.7. The Balaban J connectivity index is 0.000000296. The van der Waals surface area contributed by atoms with Gasteiger partial charge in [0.1, 0.15) is 23.5 Å². The molecule has 1 aliphatic heterocycles. The number of hydrogen-bond acceptors (Lipinski definition) is 7. The van der Waals surface area contributed by atoms with Gasteiger partial charge in [0.05, 0.1) is 39.2 Å². The predicted molar refractivity (Wildman–Crippen MR) is 419 cm³/mol. The van der Waals surface area contributed by atoms with Crippen molar-refractivity contribution in [1.82, 2.24) is 44.4 Å². The van der Waals surface area contributed by atoms with Crippen molar-refractivity contribution in [2.45, 2.75) is 240 Å². The highest BCUT2D eigenvalue weighted by Crippen LogP contribution is 2.66. The van der Waals surface area contributed by atoms with Gasteiger partial charge in [0.2, 0.25) is 6.33 Å². The molecule has 3 aliphatic carbocycles. The number of aromatic nitrogens is 9. The minimum atomic E-state index is -4.23. The van der Waals surface area contributed by atoms with Crippen LogP contribution in [-0.2, 0) is 66.5 Å². The molecular formula is C87H142F3N10O+. The Morgan fingerprint density at radius 1 is 0.594 bits per heavy atom. The zero-order valence-corrected chi connectivity index (χ0v) is 68.0. The van der Waals surface area contributed by atoms with E-state index in [1.807, 2.05) is 86.2 Å². The van der Waals surface area contributed by atoms with Gasteiger partial charge < -0.3 is 10.1 Å². The molecule has 6 unspecified atom stereocenters. The summed E-state index contributed by atoms with van der Waals surface area (Å²) in [5.74, 6) is 13.7. The van der Waals surface area contributed by atoms with Crippen LogP contribution < -0.4 is 14.6 Å². The molecule has 2 aromatic carbocycles. The van der Waals surface area contributed by atoms with Gasteiger partial charge in [-0.05, 0) is 218 Å². The second-order valence-electron chi connectivity index (χ2n) is 33.1. The largest absolute Gasteiger partial charge is 0.496 e. The smallest absolute Gasteiger partial charge is 0.416 e. The van der Waals surface area contributed by atoms with E-state index in [4.69, 9.17) is 4.74 Å². The number of para-hydroxylation sites is 1. The third-order valence-electron chi connectivity index (χ3n) is 19.6. The topological polar surface area (TPSA) is 104 Å². The lowest BCUT2D eigenvalue weighted by atomic mass is 9.92. The number of rotatable bonds is 21. The molecule has 0 spiro atoms. The van der Waals surface area contributed by atoms with Gasteiger partial charge in [-0.15, -0.1) is 0 Å². The van der Waals surface area contributed by atoms with Gasteiger partial charge in [-0.2, -0.15) is 23.4 Å². The highest BCUT2D eigenvalue weighted by atomic mass is 19.4. The fourth-order valence-electron chi connectivity index (χ4n) is 13.5. The molecule has 1 saturated heterocycles. The monoisotopic (exact) mass is 1400 g/mol. The predicted octanol–water partition coefficient (Wildman–Crippen LogP) is 21.7. The number of nitrogens with zero attached hydrogens (tertiary/aromatic N) is 9. The van der Waals surface area contributed by atoms with E-state index in [1.165, 1.54) is 79.3 Å². The number of alkyl halides is 3. The van der Waals surface area contributed by atoms with E-state index in [9.17, 15) is 13.2 Å². The first-order chi connectivity index (χ1) is 47.5. The van der Waals surface area contributed by atoms with Crippen molar-refractivity contribution in [3.63, 3.8) is 0 Å². The maximum absolute atomic E-state index is 12.5. The van der Waals surface area contributed by atoms with Gasteiger partial charge in [-0.3, -0.25) is 14.3 Å². The summed E-state index contributed by atoms with van der Waals surface area (Å²) in [5, 5.41) is 11.7. The van der Waals surface area contributed by atoms with Crippen molar-refractivity contribution < 1.29 is 22.5 Å². The highest BCUT2D eigenvalue weighted by Gasteiger charge is 2.56. The normalized spacial score (nSPS) is 18.1. The molecule has 4 fully saturated rings. The summed E-state index contributed by atoms with van der Waals surface area (Å²) in [7, 11) is 9.78. The Labute approximate surface area is 613 Å². The van der Waals surface area contributed by atoms with E-state index in [2.05, 4.69) is 221 Å². The first-order valence-corrected chi connectivity index (χ1v) is 38.7. The average Bonchev–Trinajstić information content (AvgIpc) is 1.47. The van der Waals surface area contributed by atoms with E-state index in [0.29, 0.717) is 41.6 Å². The molecule has 0 radical (unpaired) electrons. The molecule has 11 nitrogen and oxygen atoms in total. The summed E-state index contributed by atoms with van der Waals surface area (Å²) in [5.41, 5.74) is 7.34. The molecular weight excluding hydrogens is 1260 g/mol. The van der Waals surface area contributed by atoms with Crippen LogP contribution in [0.1, 0.15) is 247 Å². The van der Waals surface area contributed by atoms with E-state index in [-0.39, 0.29) is 5.92 Å². The van der Waals surface area contributed by atoms with E-state index >= 15 is 0 Å². The van der Waals surface area contributed by atoms with Crippen LogP contribution in [0.25, 0.3) is 0 Å². The number of methoxy groups -OCH3 is 1. The maximum atomic E-state index is 12.5. The van der Waals surface area contributed by atoms with Crippen molar-refractivity contribution >= 4 is 0 Å². The van der Waals surface area contributed by atoms with Crippen molar-refractivity contribution in [1.29, 1.82) is 0 Å². The molecule has 6 atom stereocenters. The van der Waals surface area contributed by atoms with E-state index < -0.39 is 11.7 Å². The number of halogens is 3. The Morgan fingerprint density at radius 2 is 1.14 bits per heavy atom. The Bertz CT molecular complexity index is 3240. The van der Waals surface area contributed by atoms with Gasteiger partial charge in [0.25, 0.3) is 0 Å². The standard InChI is InChI=1S/C11H13F3.C11H16O.C10H19N.C10H15N.C10H18.C9H17N2.C9H16N2.C9H14N2.C8H14N2/c1-8(2)7-9-5-3-4-6-10(9)11(12,13)14;1-9(2)8-10-6-4-5-7-11(10)12-3;1-7(2)3-4-8-9-5-11-6-10(8)9;1-9(2)6-7-10-5-3-4-8-11-10;1-8(2)6-10-5-3-4-9(10)7-10;1-8(2)5-9-6-10(3)7-11(9)4;1-7(2)8(3)9-5-10-11(4)6-9;1-7(2)8(3)9-10-5-4-6-11-9;1-7(2)4-8-5-9-10(3)6-8/h3-6,8H,7H2,1-2H3;4-7,9H,8H2,1-3H3;7-11H,3-6H2,1-2H3;3-5,8-9H,6-7H2,1-2H3;8-9H,3-7H2,1-2H3;6-8H,5H2,1-4H3;5-8H,1-4H3;4-8H,1-3H3;5-7H,4H2,1-3H3/q;;;;;+1;;;. The Kier molecular flexibility index (Phi) is 40.4. The summed E-state index contributed by atoms with van der Waals surface area (Å²) in [6.07, 6.45) is 30.4. The number of piperidine rings is 1. The van der Waals surface area contributed by atoms with Gasteiger partial charge in [-0.25, -0.2) is 19.1 Å². The zero-order valence-electron chi connectivity index (χ0n) is 68.0. The number of aryl methyl sites for hydroxylation is 5. The van der Waals surface area contributed by atoms with Crippen LogP contribution in [-0.4, -0.2) is 59.3 Å². The zero-order chi connectivity index (χ0) is 75.6. The molecule has 0 amide bonds. The molecule has 566 valence electrons. The first kappa shape index (κ1) is 89.1. The van der Waals surface area contributed by atoms with Crippen molar-refractivity contribution in [3.8, 4) is 5.75 Å². The number of benzene rings is 2. The third-order valence-corrected chi connectivity index (χ3v) is 19.6. The fraction of sp³-hybridized carbons (Fsp3) is 0.655. The lowest BCUT2D eigenvalue weighted by Gasteiger charge is -2.13. The maximum Gasteiger partial charge on any atom is 0.416 e. The number of hydrogen-bond donors (Lipinski definition) is 1. The van der Waals surface area contributed by atoms with Crippen molar-refractivity contribution in [2.24, 2.45) is 111 Å². The molecule has 0 bridgehead atoms. The van der Waals surface area contributed by atoms with Crippen LogP contribution in [0.2, 0.25) is 0 Å². The molecule has 5 aromatic heterocycles. The fourth-order valence-corrected chi connectivity index (χ4v) is 13.5. The lowest BCUT2D eigenvalue weighted by molar-refractivity contribution is -0.671. The van der Waals surface area contributed by atoms with Crippen LogP contribution in [0.15, 0.2) is 129 Å². The molecule has 4 aliphatic rings. The van der Waals surface area contributed by atoms with E-state index in [1.54, 1.807) is 50.9 Å². The number of imidazole rings is 1. The SMILES string of the molecule is CC(C)C(C)c1cnn(C)c1.CC(C)C(C)c1ncccn1.CC(C)CC12CCCC1C2.CC(C)CCC1C2CNCC12.CC(C)CCc1ccccn1.CC(C)Cc1c[n+](C)cn1C.CC(C)Cc1ccccc1C(F)(F)F.CC(C)Cc1cnn(C)c1.COc1ccccc1CC(C)C. The number of fused-ring (bicyclic) bond motifs is 2. The average molecular weight is 1400 g/mol. The van der Waals surface area contributed by atoms with Crippen LogP contribution >= 0.6 is 0 Å². The van der Waals surface area contributed by atoms with Crippen molar-refractivity contribution in [2.75, 3.05) is 20.2 Å². The minimum absolute atomic E-state index is 0.235. The molecule has 6 heterocycles. The number of ether oxygens (including phenoxy) is 1. The summed E-state index contributed by atoms with van der Waals surface area (Å²) >= 11 is 0. The van der Waals surface area contributed by atoms with Crippen LogP contribution in [0, 0.1) is 82.3 Å². The number of pyridine rings is 1. The summed E-state index contributed by atoms with van der Waals surface area (Å²) in [6, 6.07) is 21.9. The molecule has 1 N–H and O–H groups in total. The third kappa shape index (κ3) is 35.7. The highest BCUT2D eigenvalue weighted by molar-refractivity contribution is 5.33. The van der Waals surface area contributed by atoms with Crippen LogP contribution in [0.4, 0.5) is 13.2 Å². The molecule has 11 rings (SSSR count). The summed E-state index contributed by atoms with van der Waals surface area (Å²) < 4.78 is 50.7. The van der Waals surface area contributed by atoms with Crippen molar-refractivity contribution in [3.05, 3.63) is 174 Å². The van der Waals surface area contributed by atoms with Gasteiger partial charge in [0.15, 0.2) is 0 Å². The van der Waals surface area contributed by atoms with Gasteiger partial charge in [0, 0.05) is 63.1 Å². The second-order valence-corrected chi connectivity index (χ2v) is 33.1. The molecule has 14 heteroatoms. The Hall–Kier alpha value is -6.15. The number of nitrogens with one attached hydrogen (secondary N) is 1. The van der Waals surface area contributed by atoms with Crippen LogP contribution in [0.5, 0.6) is 5.75 Å². The van der Waals surface area contributed by atoms with Crippen LogP contribution in [0.3, 0.4) is 0 Å². The van der Waals surface area contributed by atoms with Gasteiger partial charge in [-0.1, -0.05) is 194 Å². The second kappa shape index (κ2) is 45.8. The Morgan fingerprint density at radius 3 is 1.59 bits per heavy atom. The van der Waals surface area contributed by atoms with E-state index in [0.717, 1.165) is 102 Å².